The smallest absolute Gasteiger partial charge is 0.253 e. The summed E-state index contributed by atoms with van der Waals surface area (Å²) in [5.74, 6) is -0.932. The molecule has 7 nitrogen and oxygen atoms in total. The van der Waals surface area contributed by atoms with Gasteiger partial charge in [-0.25, -0.2) is 0 Å². The van der Waals surface area contributed by atoms with Crippen molar-refractivity contribution in [3.8, 4) is 0 Å². The molecule has 4 rings (SSSR count). The number of hydrogen-bond donors (Lipinski definition) is 1. The molecule has 0 aromatic heterocycles. The number of carbonyl (C=O) groups excluding carboxylic acids is 3. The van der Waals surface area contributed by atoms with Crippen molar-refractivity contribution in [3.63, 3.8) is 0 Å². The number of para-hydroxylation sites is 2. The lowest BCUT2D eigenvalue weighted by Gasteiger charge is -2.37. The number of primary amides is 1. The third-order valence-electron chi connectivity index (χ3n) is 5.63. The maximum absolute atomic E-state index is 12.7. The van der Waals surface area contributed by atoms with E-state index in [1.807, 2.05) is 59.5 Å². The molecular formula is C22H24N4O3. The van der Waals surface area contributed by atoms with E-state index >= 15 is 0 Å². The minimum atomic E-state index is -0.448. The Hall–Kier alpha value is -3.35. The second kappa shape index (κ2) is 7.95. The first-order chi connectivity index (χ1) is 14.0. The van der Waals surface area contributed by atoms with Gasteiger partial charge in [-0.3, -0.25) is 14.4 Å². The van der Waals surface area contributed by atoms with Gasteiger partial charge in [0.1, 0.15) is 0 Å². The average Bonchev–Trinajstić information content (AvgIpc) is 3.16. The van der Waals surface area contributed by atoms with Crippen molar-refractivity contribution in [2.45, 2.75) is 6.42 Å². The fourth-order valence-electron chi connectivity index (χ4n) is 4.00. The first-order valence-corrected chi connectivity index (χ1v) is 9.82. The van der Waals surface area contributed by atoms with E-state index in [0.717, 1.165) is 11.4 Å². The normalized spacial score (nSPS) is 19.5. The SMILES string of the molecule is NC(=O)C1CC(=O)N(c2ccccc2N2CCN(C(=O)c3ccccc3)CC2)C1. The van der Waals surface area contributed by atoms with Crippen molar-refractivity contribution in [3.05, 3.63) is 60.2 Å². The van der Waals surface area contributed by atoms with E-state index in [2.05, 4.69) is 4.90 Å². The molecule has 2 N–H and O–H groups in total. The molecule has 1 atom stereocenters. The van der Waals surface area contributed by atoms with Gasteiger partial charge < -0.3 is 20.4 Å². The van der Waals surface area contributed by atoms with Gasteiger partial charge in [-0.05, 0) is 24.3 Å². The van der Waals surface area contributed by atoms with Crippen LogP contribution in [-0.2, 0) is 9.59 Å². The summed E-state index contributed by atoms with van der Waals surface area (Å²) in [7, 11) is 0. The highest BCUT2D eigenvalue weighted by Gasteiger charge is 2.35. The van der Waals surface area contributed by atoms with Gasteiger partial charge in [0.25, 0.3) is 5.91 Å². The Morgan fingerprint density at radius 1 is 0.862 bits per heavy atom. The lowest BCUT2D eigenvalue weighted by Crippen LogP contribution is -2.49. The quantitative estimate of drug-likeness (QED) is 0.854. The van der Waals surface area contributed by atoms with Crippen LogP contribution in [0.5, 0.6) is 0 Å². The highest BCUT2D eigenvalue weighted by molar-refractivity contribution is 6.02. The van der Waals surface area contributed by atoms with Gasteiger partial charge in [0.15, 0.2) is 0 Å². The van der Waals surface area contributed by atoms with Crippen LogP contribution >= 0.6 is 0 Å². The monoisotopic (exact) mass is 392 g/mol. The number of carbonyl (C=O) groups is 3. The number of rotatable bonds is 4. The van der Waals surface area contributed by atoms with E-state index in [1.54, 1.807) is 4.90 Å². The topological polar surface area (TPSA) is 86.9 Å². The van der Waals surface area contributed by atoms with Crippen LogP contribution < -0.4 is 15.5 Å². The van der Waals surface area contributed by atoms with E-state index in [-0.39, 0.29) is 18.2 Å². The maximum Gasteiger partial charge on any atom is 0.253 e. The molecule has 0 radical (unpaired) electrons. The zero-order valence-corrected chi connectivity index (χ0v) is 16.2. The van der Waals surface area contributed by atoms with Crippen molar-refractivity contribution in [2.75, 3.05) is 42.5 Å². The molecule has 2 heterocycles. The van der Waals surface area contributed by atoms with Crippen molar-refractivity contribution < 1.29 is 14.4 Å². The van der Waals surface area contributed by atoms with Crippen LogP contribution in [0.15, 0.2) is 54.6 Å². The van der Waals surface area contributed by atoms with Crippen LogP contribution in [0.3, 0.4) is 0 Å². The second-order valence-electron chi connectivity index (χ2n) is 7.44. The van der Waals surface area contributed by atoms with Gasteiger partial charge in [-0.1, -0.05) is 30.3 Å². The highest BCUT2D eigenvalue weighted by atomic mass is 16.2. The number of amides is 3. The molecule has 2 aromatic rings. The van der Waals surface area contributed by atoms with Crippen LogP contribution in [-0.4, -0.2) is 55.3 Å². The molecule has 2 aliphatic rings. The summed E-state index contributed by atoms with van der Waals surface area (Å²) in [5, 5.41) is 0. The molecule has 0 saturated carbocycles. The molecular weight excluding hydrogens is 368 g/mol. The van der Waals surface area contributed by atoms with Crippen LogP contribution in [0.2, 0.25) is 0 Å². The zero-order chi connectivity index (χ0) is 20.4. The van der Waals surface area contributed by atoms with Gasteiger partial charge in [-0.15, -0.1) is 0 Å². The van der Waals surface area contributed by atoms with E-state index in [0.29, 0.717) is 38.3 Å². The molecule has 2 fully saturated rings. The summed E-state index contributed by atoms with van der Waals surface area (Å²) in [6.07, 6.45) is 0.156. The number of nitrogens with two attached hydrogens (primary N) is 1. The molecule has 0 aliphatic carbocycles. The molecule has 3 amide bonds. The lowest BCUT2D eigenvalue weighted by atomic mass is 10.1. The fraction of sp³-hybridized carbons (Fsp3) is 0.318. The predicted octanol–water partition coefficient (Wildman–Crippen LogP) is 1.49. The van der Waals surface area contributed by atoms with Crippen molar-refractivity contribution in [2.24, 2.45) is 11.7 Å². The number of benzene rings is 2. The first-order valence-electron chi connectivity index (χ1n) is 9.82. The Kier molecular flexibility index (Phi) is 5.20. The van der Waals surface area contributed by atoms with Crippen molar-refractivity contribution in [1.29, 1.82) is 0 Å². The minimum Gasteiger partial charge on any atom is -0.369 e. The van der Waals surface area contributed by atoms with Crippen LogP contribution in [0.4, 0.5) is 11.4 Å². The van der Waals surface area contributed by atoms with E-state index in [1.165, 1.54) is 0 Å². The van der Waals surface area contributed by atoms with Gasteiger partial charge >= 0.3 is 0 Å². The Bertz CT molecular complexity index is 923. The summed E-state index contributed by atoms with van der Waals surface area (Å²) >= 11 is 0. The maximum atomic E-state index is 12.7. The van der Waals surface area contributed by atoms with Crippen LogP contribution in [0.25, 0.3) is 0 Å². The van der Waals surface area contributed by atoms with Crippen LogP contribution in [0.1, 0.15) is 16.8 Å². The molecule has 0 bridgehead atoms. The van der Waals surface area contributed by atoms with E-state index < -0.39 is 11.8 Å². The van der Waals surface area contributed by atoms with Gasteiger partial charge in [0, 0.05) is 44.7 Å². The summed E-state index contributed by atoms with van der Waals surface area (Å²) in [6, 6.07) is 17.0. The molecule has 1 unspecified atom stereocenters. The number of nitrogens with zero attached hydrogens (tertiary/aromatic N) is 3. The summed E-state index contributed by atoms with van der Waals surface area (Å²) in [5.41, 5.74) is 7.84. The Balaban J connectivity index is 1.48. The Labute approximate surface area is 169 Å². The largest absolute Gasteiger partial charge is 0.369 e. The van der Waals surface area contributed by atoms with Crippen LogP contribution in [0, 0.1) is 5.92 Å². The molecule has 0 spiro atoms. The van der Waals surface area contributed by atoms with Crippen molar-refractivity contribution >= 4 is 29.1 Å². The van der Waals surface area contributed by atoms with Gasteiger partial charge in [-0.2, -0.15) is 0 Å². The van der Waals surface area contributed by atoms with E-state index in [4.69, 9.17) is 5.73 Å². The van der Waals surface area contributed by atoms with Crippen molar-refractivity contribution in [1.82, 2.24) is 4.90 Å². The second-order valence-corrected chi connectivity index (χ2v) is 7.44. The standard InChI is InChI=1S/C22H24N4O3/c23-21(28)17-14-20(27)26(15-17)19-9-5-4-8-18(19)24-10-12-25(13-11-24)22(29)16-6-2-1-3-7-16/h1-9,17H,10-15H2,(H2,23,28). The summed E-state index contributed by atoms with van der Waals surface area (Å²) < 4.78 is 0. The summed E-state index contributed by atoms with van der Waals surface area (Å²) in [4.78, 5) is 42.4. The Morgan fingerprint density at radius 2 is 1.48 bits per heavy atom. The molecule has 2 aliphatic heterocycles. The lowest BCUT2D eigenvalue weighted by molar-refractivity contribution is -0.123. The number of piperazine rings is 1. The molecule has 7 heteroatoms. The fourth-order valence-corrected chi connectivity index (χ4v) is 4.00. The molecule has 2 aromatic carbocycles. The van der Waals surface area contributed by atoms with E-state index in [9.17, 15) is 14.4 Å². The first kappa shape index (κ1) is 19.0. The van der Waals surface area contributed by atoms with Gasteiger partial charge in [0.05, 0.1) is 17.3 Å². The summed E-state index contributed by atoms with van der Waals surface area (Å²) in [6.45, 7) is 2.89. The average molecular weight is 392 g/mol. The third-order valence-corrected chi connectivity index (χ3v) is 5.63. The molecule has 150 valence electrons. The third kappa shape index (κ3) is 3.81. The number of anilines is 2. The van der Waals surface area contributed by atoms with Gasteiger partial charge in [0.2, 0.25) is 11.8 Å². The highest BCUT2D eigenvalue weighted by Crippen LogP contribution is 2.34. The predicted molar refractivity (Wildman–Crippen MR) is 111 cm³/mol. The molecule has 29 heavy (non-hydrogen) atoms. The Morgan fingerprint density at radius 3 is 2.10 bits per heavy atom. The zero-order valence-electron chi connectivity index (χ0n) is 16.2. The minimum absolute atomic E-state index is 0.0394. The molecule has 2 saturated heterocycles. The number of hydrogen-bond acceptors (Lipinski definition) is 4.